The zero-order valence-corrected chi connectivity index (χ0v) is 15.8. The van der Waals surface area contributed by atoms with Gasteiger partial charge < -0.3 is 20.9 Å². The fourth-order valence-corrected chi connectivity index (χ4v) is 3.34. The second-order valence-corrected chi connectivity index (χ2v) is 7.00. The quantitative estimate of drug-likeness (QED) is 0.681. The van der Waals surface area contributed by atoms with E-state index in [9.17, 15) is 9.18 Å². The molecule has 0 atom stereocenters. The van der Waals surface area contributed by atoms with Crippen LogP contribution in [0.1, 0.15) is 10.4 Å². The van der Waals surface area contributed by atoms with Gasteiger partial charge in [-0.15, -0.1) is 5.10 Å². The van der Waals surface area contributed by atoms with Crippen molar-refractivity contribution in [3.05, 3.63) is 41.2 Å². The highest BCUT2D eigenvalue weighted by atomic mass is 35.5. The van der Waals surface area contributed by atoms with Crippen molar-refractivity contribution in [2.75, 3.05) is 49.2 Å². The Kier molecular flexibility index (Phi) is 4.73. The van der Waals surface area contributed by atoms with Gasteiger partial charge in [0.05, 0.1) is 29.3 Å². The van der Waals surface area contributed by atoms with Crippen LogP contribution in [0, 0.1) is 5.82 Å². The number of nitrogens with one attached hydrogen (secondary N) is 1. The number of carbonyl (C=O) groups is 1. The van der Waals surface area contributed by atoms with Crippen molar-refractivity contribution in [3.8, 4) is 0 Å². The predicted octanol–water partition coefficient (Wildman–Crippen LogP) is 1.50. The van der Waals surface area contributed by atoms with E-state index in [1.54, 1.807) is 0 Å². The molecule has 1 amide bonds. The first kappa shape index (κ1) is 18.4. The van der Waals surface area contributed by atoms with Crippen LogP contribution in [0.25, 0.3) is 5.65 Å². The average molecular weight is 405 g/mol. The van der Waals surface area contributed by atoms with E-state index >= 15 is 0 Å². The maximum atomic E-state index is 14.6. The maximum absolute atomic E-state index is 14.6. The van der Waals surface area contributed by atoms with Crippen molar-refractivity contribution in [2.24, 2.45) is 0 Å². The Morgan fingerprint density at radius 3 is 2.75 bits per heavy atom. The summed E-state index contributed by atoms with van der Waals surface area (Å²) in [5.74, 6) is -1.05. The van der Waals surface area contributed by atoms with Crippen LogP contribution in [0.2, 0.25) is 5.02 Å². The van der Waals surface area contributed by atoms with Gasteiger partial charge in [0, 0.05) is 32.4 Å². The number of halogens is 2. The van der Waals surface area contributed by atoms with Crippen molar-refractivity contribution < 1.29 is 9.18 Å². The van der Waals surface area contributed by atoms with Crippen molar-refractivity contribution in [1.29, 1.82) is 0 Å². The number of nitrogen functional groups attached to an aromatic ring is 1. The van der Waals surface area contributed by atoms with E-state index in [4.69, 9.17) is 17.3 Å². The third-order valence-electron chi connectivity index (χ3n) is 4.64. The number of fused-ring (bicyclic) bond motifs is 1. The number of amides is 1. The van der Waals surface area contributed by atoms with Gasteiger partial charge >= 0.3 is 0 Å². The number of aromatic nitrogens is 4. The number of carbonyl (C=O) groups excluding carboxylic acids is 1. The third-order valence-corrected chi connectivity index (χ3v) is 4.83. The topological polar surface area (TPSA) is 105 Å². The fraction of sp³-hybridized carbons (Fsp3) is 0.294. The highest BCUT2D eigenvalue weighted by Crippen LogP contribution is 2.30. The molecule has 4 rings (SSSR count). The summed E-state index contributed by atoms with van der Waals surface area (Å²) in [6.07, 6.45) is 5.45. The lowest BCUT2D eigenvalue weighted by atomic mass is 10.2. The van der Waals surface area contributed by atoms with Gasteiger partial charge in [0.2, 0.25) is 0 Å². The second-order valence-electron chi connectivity index (χ2n) is 6.56. The van der Waals surface area contributed by atoms with Gasteiger partial charge in [-0.05, 0) is 7.05 Å². The SMILES string of the molecule is CN1CCN(c2c(F)cncc2NC(=O)c2c(N)nn3cc(Cl)cnc23)CC1. The van der Waals surface area contributed by atoms with Gasteiger partial charge in [-0.1, -0.05) is 11.6 Å². The maximum Gasteiger partial charge on any atom is 0.263 e. The summed E-state index contributed by atoms with van der Waals surface area (Å²) in [4.78, 5) is 24.9. The molecule has 1 aliphatic heterocycles. The molecule has 0 spiro atoms. The first-order valence-electron chi connectivity index (χ1n) is 8.61. The predicted molar refractivity (Wildman–Crippen MR) is 104 cm³/mol. The monoisotopic (exact) mass is 404 g/mol. The number of nitrogens with zero attached hydrogens (tertiary/aromatic N) is 6. The van der Waals surface area contributed by atoms with Crippen molar-refractivity contribution in [2.45, 2.75) is 0 Å². The Morgan fingerprint density at radius 2 is 2.00 bits per heavy atom. The van der Waals surface area contributed by atoms with Gasteiger partial charge in [-0.3, -0.25) is 9.78 Å². The van der Waals surface area contributed by atoms with Gasteiger partial charge in [0.1, 0.15) is 11.3 Å². The number of likely N-dealkylation sites (N-methyl/N-ethyl adjacent to an activating group) is 1. The summed E-state index contributed by atoms with van der Waals surface area (Å²) in [6, 6.07) is 0. The molecular weight excluding hydrogens is 387 g/mol. The highest BCUT2D eigenvalue weighted by Gasteiger charge is 2.25. The summed E-state index contributed by atoms with van der Waals surface area (Å²) in [6.45, 7) is 2.86. The molecule has 11 heteroatoms. The smallest absolute Gasteiger partial charge is 0.263 e. The van der Waals surface area contributed by atoms with Gasteiger partial charge in [0.15, 0.2) is 17.3 Å². The Balaban J connectivity index is 1.68. The summed E-state index contributed by atoms with van der Waals surface area (Å²) in [5, 5.41) is 7.12. The fourth-order valence-electron chi connectivity index (χ4n) is 3.20. The average Bonchev–Trinajstić information content (AvgIpc) is 2.98. The molecule has 3 N–H and O–H groups in total. The van der Waals surface area contributed by atoms with E-state index in [0.717, 1.165) is 19.3 Å². The molecule has 0 aliphatic carbocycles. The van der Waals surface area contributed by atoms with E-state index in [2.05, 4.69) is 25.3 Å². The van der Waals surface area contributed by atoms with Crippen LogP contribution in [-0.2, 0) is 0 Å². The normalized spacial score (nSPS) is 15.2. The zero-order valence-electron chi connectivity index (χ0n) is 15.1. The Bertz CT molecular complexity index is 1050. The van der Waals surface area contributed by atoms with Gasteiger partial charge in [-0.25, -0.2) is 13.9 Å². The highest BCUT2D eigenvalue weighted by molar-refractivity contribution is 6.30. The number of pyridine rings is 1. The molecular formula is C17H18ClFN8O. The Labute approximate surface area is 164 Å². The molecule has 146 valence electrons. The largest absolute Gasteiger partial charge is 0.381 e. The minimum atomic E-state index is -0.551. The van der Waals surface area contributed by atoms with Crippen LogP contribution in [-0.4, -0.2) is 63.6 Å². The number of rotatable bonds is 3. The molecule has 28 heavy (non-hydrogen) atoms. The lowest BCUT2D eigenvalue weighted by Crippen LogP contribution is -2.45. The minimum Gasteiger partial charge on any atom is -0.381 e. The molecule has 0 bridgehead atoms. The summed E-state index contributed by atoms with van der Waals surface area (Å²) in [5.41, 5.74) is 6.82. The minimum absolute atomic E-state index is 0.00206. The Hall–Kier alpha value is -2.98. The Morgan fingerprint density at radius 1 is 1.25 bits per heavy atom. The zero-order chi connectivity index (χ0) is 19.8. The van der Waals surface area contributed by atoms with Crippen molar-refractivity contribution in [3.63, 3.8) is 0 Å². The lowest BCUT2D eigenvalue weighted by Gasteiger charge is -2.35. The molecule has 4 heterocycles. The molecule has 0 unspecified atom stereocenters. The molecule has 0 radical (unpaired) electrons. The summed E-state index contributed by atoms with van der Waals surface area (Å²) in [7, 11) is 2.01. The number of anilines is 3. The lowest BCUT2D eigenvalue weighted by molar-refractivity contribution is 0.102. The first-order valence-corrected chi connectivity index (χ1v) is 8.99. The second kappa shape index (κ2) is 7.21. The third kappa shape index (κ3) is 3.32. The number of nitrogens with two attached hydrogens (primary N) is 1. The molecule has 3 aromatic heterocycles. The standard InChI is InChI=1S/C17H18ClFN8O/c1-25-2-4-26(5-3-25)14-11(19)7-21-8-12(14)23-17(28)13-15(20)24-27-9-10(18)6-22-16(13)27/h6-9H,2-5H2,1H3,(H2,20,24)(H,23,28). The van der Waals surface area contributed by atoms with Crippen molar-refractivity contribution >= 4 is 40.3 Å². The summed E-state index contributed by atoms with van der Waals surface area (Å²) < 4.78 is 15.9. The van der Waals surface area contributed by atoms with Crippen LogP contribution < -0.4 is 16.0 Å². The van der Waals surface area contributed by atoms with Crippen LogP contribution >= 0.6 is 11.6 Å². The molecule has 3 aromatic rings. The molecule has 0 aromatic carbocycles. The van der Waals surface area contributed by atoms with Crippen molar-refractivity contribution in [1.82, 2.24) is 24.5 Å². The molecule has 1 fully saturated rings. The first-order chi connectivity index (χ1) is 13.4. The van der Waals surface area contributed by atoms with Gasteiger partial charge in [-0.2, -0.15) is 0 Å². The molecule has 9 nitrogen and oxygen atoms in total. The van der Waals surface area contributed by atoms with E-state index in [1.807, 2.05) is 11.9 Å². The molecule has 1 aliphatic rings. The van der Waals surface area contributed by atoms with Crippen LogP contribution in [0.5, 0.6) is 0 Å². The number of hydrogen-bond donors (Lipinski definition) is 2. The van der Waals surface area contributed by atoms with E-state index in [0.29, 0.717) is 23.8 Å². The van der Waals surface area contributed by atoms with E-state index < -0.39 is 11.7 Å². The van der Waals surface area contributed by atoms with Gasteiger partial charge in [0.25, 0.3) is 5.91 Å². The van der Waals surface area contributed by atoms with Crippen LogP contribution in [0.4, 0.5) is 21.6 Å². The van der Waals surface area contributed by atoms with Crippen LogP contribution in [0.15, 0.2) is 24.8 Å². The van der Waals surface area contributed by atoms with Crippen LogP contribution in [0.3, 0.4) is 0 Å². The van der Waals surface area contributed by atoms with E-state index in [-0.39, 0.29) is 22.7 Å². The number of piperazine rings is 1. The summed E-state index contributed by atoms with van der Waals surface area (Å²) >= 11 is 5.90. The van der Waals surface area contributed by atoms with E-state index in [1.165, 1.54) is 23.1 Å². The molecule has 0 saturated carbocycles. The molecule has 1 saturated heterocycles. The number of hydrogen-bond acceptors (Lipinski definition) is 7.